The minimum Gasteiger partial charge on any atom is -0.394 e. The molecule has 0 aliphatic carbocycles. The van der Waals surface area contributed by atoms with Gasteiger partial charge in [0.1, 0.15) is 6.10 Å². The first-order valence-electron chi connectivity index (χ1n) is 6.35. The zero-order chi connectivity index (χ0) is 14.0. The molecular formula is C12H18N2O5. The highest BCUT2D eigenvalue weighted by Crippen LogP contribution is 2.27. The van der Waals surface area contributed by atoms with Crippen molar-refractivity contribution in [2.45, 2.75) is 44.6 Å². The van der Waals surface area contributed by atoms with Gasteiger partial charge in [-0.15, -0.1) is 0 Å². The Hall–Kier alpha value is -1.44. The van der Waals surface area contributed by atoms with Crippen LogP contribution >= 0.6 is 0 Å². The molecule has 106 valence electrons. The zero-order valence-electron chi connectivity index (χ0n) is 10.7. The van der Waals surface area contributed by atoms with Gasteiger partial charge >= 0.3 is 5.69 Å². The van der Waals surface area contributed by atoms with Gasteiger partial charge in [-0.2, -0.15) is 0 Å². The number of aromatic amines is 1. The second-order valence-corrected chi connectivity index (χ2v) is 4.71. The zero-order valence-corrected chi connectivity index (χ0v) is 10.7. The largest absolute Gasteiger partial charge is 0.394 e. The highest BCUT2D eigenvalue weighted by molar-refractivity contribution is 5.05. The lowest BCUT2D eigenvalue weighted by Crippen LogP contribution is -2.37. The molecule has 0 aromatic carbocycles. The molecule has 0 unspecified atom stereocenters. The number of aryl methyl sites for hydroxylation is 1. The number of nitrogens with one attached hydrogen (secondary N) is 1. The summed E-state index contributed by atoms with van der Waals surface area (Å²) >= 11 is 0. The van der Waals surface area contributed by atoms with Gasteiger partial charge in [-0.05, 0) is 6.42 Å². The first-order chi connectivity index (χ1) is 9.06. The smallest absolute Gasteiger partial charge is 0.330 e. The van der Waals surface area contributed by atoms with E-state index in [0.717, 1.165) is 6.42 Å². The number of nitrogens with zero attached hydrogens (tertiary/aromatic N) is 1. The summed E-state index contributed by atoms with van der Waals surface area (Å²) < 4.78 is 6.59. The van der Waals surface area contributed by atoms with Crippen LogP contribution < -0.4 is 11.2 Å². The normalized spacial score (nSPS) is 26.8. The lowest BCUT2D eigenvalue weighted by atomic mass is 10.2. The number of ether oxygens (including phenoxy) is 1. The van der Waals surface area contributed by atoms with Gasteiger partial charge in [0.05, 0.1) is 12.7 Å². The van der Waals surface area contributed by atoms with E-state index in [0.29, 0.717) is 12.0 Å². The average Bonchev–Trinajstić information content (AvgIpc) is 2.74. The van der Waals surface area contributed by atoms with Gasteiger partial charge in [0.25, 0.3) is 5.56 Å². The minimum atomic E-state index is -0.879. The Morgan fingerprint density at radius 3 is 2.84 bits per heavy atom. The third kappa shape index (κ3) is 2.78. The summed E-state index contributed by atoms with van der Waals surface area (Å²) in [7, 11) is 0. The van der Waals surface area contributed by atoms with Crippen molar-refractivity contribution >= 4 is 0 Å². The Labute approximate surface area is 109 Å². The molecule has 2 heterocycles. The van der Waals surface area contributed by atoms with Crippen LogP contribution in [0.2, 0.25) is 0 Å². The van der Waals surface area contributed by atoms with Gasteiger partial charge in [-0.3, -0.25) is 14.3 Å². The van der Waals surface area contributed by atoms with Gasteiger partial charge in [0, 0.05) is 18.2 Å². The number of H-pyrrole nitrogens is 1. The summed E-state index contributed by atoms with van der Waals surface area (Å²) in [5.74, 6) is 0. The number of aliphatic hydroxyl groups is 2. The lowest BCUT2D eigenvalue weighted by molar-refractivity contribution is -0.0531. The van der Waals surface area contributed by atoms with E-state index >= 15 is 0 Å². The Balaban J connectivity index is 2.37. The van der Waals surface area contributed by atoms with Crippen molar-refractivity contribution in [2.75, 3.05) is 6.61 Å². The topological polar surface area (TPSA) is 105 Å². The SMILES string of the molecule is CCCc1cn([C@@H]2O[C@H](CO)C[C@H]2O)c(=O)[nH]c1=O. The lowest BCUT2D eigenvalue weighted by Gasteiger charge is -2.17. The Kier molecular flexibility index (Phi) is 4.18. The minimum absolute atomic E-state index is 0.215. The van der Waals surface area contributed by atoms with Crippen molar-refractivity contribution in [3.63, 3.8) is 0 Å². The van der Waals surface area contributed by atoms with E-state index in [9.17, 15) is 14.7 Å². The second kappa shape index (κ2) is 5.68. The predicted molar refractivity (Wildman–Crippen MR) is 66.9 cm³/mol. The average molecular weight is 270 g/mol. The van der Waals surface area contributed by atoms with Gasteiger partial charge in [-0.1, -0.05) is 13.3 Å². The molecule has 1 aliphatic rings. The Bertz CT molecular complexity index is 550. The number of aromatic nitrogens is 2. The van der Waals surface area contributed by atoms with Crippen molar-refractivity contribution in [1.29, 1.82) is 0 Å². The number of aliphatic hydroxyl groups excluding tert-OH is 2. The number of hydrogen-bond acceptors (Lipinski definition) is 5. The molecule has 7 nitrogen and oxygen atoms in total. The molecule has 19 heavy (non-hydrogen) atoms. The van der Waals surface area contributed by atoms with Crippen LogP contribution in [-0.2, 0) is 11.2 Å². The van der Waals surface area contributed by atoms with Crippen molar-refractivity contribution in [3.8, 4) is 0 Å². The highest BCUT2D eigenvalue weighted by Gasteiger charge is 2.35. The van der Waals surface area contributed by atoms with Crippen LogP contribution in [0.1, 0.15) is 31.6 Å². The van der Waals surface area contributed by atoms with Crippen LogP contribution in [0.3, 0.4) is 0 Å². The Morgan fingerprint density at radius 1 is 1.53 bits per heavy atom. The molecule has 1 saturated heterocycles. The van der Waals surface area contributed by atoms with Crippen LogP contribution in [0.25, 0.3) is 0 Å². The molecule has 0 radical (unpaired) electrons. The summed E-state index contributed by atoms with van der Waals surface area (Å²) in [5, 5.41) is 18.9. The quantitative estimate of drug-likeness (QED) is 0.659. The number of rotatable bonds is 4. The van der Waals surface area contributed by atoms with Gasteiger partial charge < -0.3 is 14.9 Å². The summed E-state index contributed by atoms with van der Waals surface area (Å²) in [6.07, 6.45) is 0.769. The molecular weight excluding hydrogens is 252 g/mol. The van der Waals surface area contributed by atoms with E-state index in [1.165, 1.54) is 10.8 Å². The number of hydrogen-bond donors (Lipinski definition) is 3. The van der Waals surface area contributed by atoms with Crippen molar-refractivity contribution in [3.05, 3.63) is 32.6 Å². The van der Waals surface area contributed by atoms with Crippen LogP contribution in [0.5, 0.6) is 0 Å². The Morgan fingerprint density at radius 2 is 2.26 bits per heavy atom. The van der Waals surface area contributed by atoms with Crippen LogP contribution in [0.15, 0.2) is 15.8 Å². The molecule has 1 aromatic rings. The van der Waals surface area contributed by atoms with Crippen LogP contribution in [0.4, 0.5) is 0 Å². The van der Waals surface area contributed by atoms with Crippen molar-refractivity contribution in [1.82, 2.24) is 9.55 Å². The molecule has 3 N–H and O–H groups in total. The fourth-order valence-corrected chi connectivity index (χ4v) is 2.26. The van der Waals surface area contributed by atoms with Crippen molar-refractivity contribution in [2.24, 2.45) is 0 Å². The first kappa shape index (κ1) is 14.0. The summed E-state index contributed by atoms with van der Waals surface area (Å²) in [6, 6.07) is 0. The second-order valence-electron chi connectivity index (χ2n) is 4.71. The maximum atomic E-state index is 11.8. The molecule has 0 amide bonds. The highest BCUT2D eigenvalue weighted by atomic mass is 16.5. The standard InChI is InChI=1S/C12H18N2O5/c1-2-3-7-5-14(12(18)13-10(7)17)11-9(16)4-8(6-15)19-11/h5,8-9,11,15-16H,2-4,6H2,1H3,(H,13,17,18)/t8-,9+,11+/m0/s1. The van der Waals surface area contributed by atoms with E-state index in [2.05, 4.69) is 4.98 Å². The molecule has 2 rings (SSSR count). The van der Waals surface area contributed by atoms with E-state index in [1.54, 1.807) is 0 Å². The molecule has 1 aliphatic heterocycles. The van der Waals surface area contributed by atoms with E-state index in [-0.39, 0.29) is 13.0 Å². The molecule has 0 saturated carbocycles. The van der Waals surface area contributed by atoms with E-state index in [4.69, 9.17) is 9.84 Å². The van der Waals surface area contributed by atoms with Gasteiger partial charge in [-0.25, -0.2) is 4.79 Å². The van der Waals surface area contributed by atoms with Crippen LogP contribution in [-0.4, -0.2) is 38.6 Å². The molecule has 0 bridgehead atoms. The maximum absolute atomic E-state index is 11.8. The monoisotopic (exact) mass is 270 g/mol. The third-order valence-electron chi connectivity index (χ3n) is 3.20. The fraction of sp³-hybridized carbons (Fsp3) is 0.667. The molecule has 3 atom stereocenters. The first-order valence-corrected chi connectivity index (χ1v) is 6.35. The maximum Gasteiger partial charge on any atom is 0.330 e. The molecule has 7 heteroatoms. The third-order valence-corrected chi connectivity index (χ3v) is 3.20. The predicted octanol–water partition coefficient (Wildman–Crippen LogP) is -0.870. The summed E-state index contributed by atoms with van der Waals surface area (Å²) in [6.45, 7) is 1.71. The van der Waals surface area contributed by atoms with Crippen molar-refractivity contribution < 1.29 is 14.9 Å². The molecule has 1 aromatic heterocycles. The van der Waals surface area contributed by atoms with E-state index < -0.39 is 29.7 Å². The van der Waals surface area contributed by atoms with E-state index in [1.807, 2.05) is 6.92 Å². The molecule has 1 fully saturated rings. The van der Waals surface area contributed by atoms with Gasteiger partial charge in [0.2, 0.25) is 0 Å². The molecule has 0 spiro atoms. The fourth-order valence-electron chi connectivity index (χ4n) is 2.26. The van der Waals surface area contributed by atoms with Gasteiger partial charge in [0.15, 0.2) is 6.23 Å². The van der Waals surface area contributed by atoms with Crippen LogP contribution in [0, 0.1) is 0 Å². The summed E-state index contributed by atoms with van der Waals surface area (Å²) in [5.41, 5.74) is -0.549. The summed E-state index contributed by atoms with van der Waals surface area (Å²) in [4.78, 5) is 25.6.